The molecule has 4 atom stereocenters. The van der Waals surface area contributed by atoms with Gasteiger partial charge in [-0.3, -0.25) is 0 Å². The molecule has 0 aliphatic carbocycles. The zero-order valence-corrected chi connectivity index (χ0v) is 17.7. The van der Waals surface area contributed by atoms with Crippen LogP contribution in [-0.2, 0) is 19.2 Å². The van der Waals surface area contributed by atoms with Crippen molar-refractivity contribution >= 4 is 23.9 Å². The first-order valence-electron chi connectivity index (χ1n) is 4.53. The van der Waals surface area contributed by atoms with Crippen LogP contribution >= 0.6 is 0 Å². The third-order valence-corrected chi connectivity index (χ3v) is 1.59. The molecular formula is C8H10K2O12. The van der Waals surface area contributed by atoms with E-state index >= 15 is 0 Å². The molecule has 0 amide bonds. The van der Waals surface area contributed by atoms with Crippen LogP contribution in [0.25, 0.3) is 0 Å². The second-order valence-electron chi connectivity index (χ2n) is 3.09. The summed E-state index contributed by atoms with van der Waals surface area (Å²) in [7, 11) is 0. The first-order valence-corrected chi connectivity index (χ1v) is 4.53. The van der Waals surface area contributed by atoms with Gasteiger partial charge in [0.15, 0.2) is 12.2 Å². The first-order chi connectivity index (χ1) is 8.93. The Morgan fingerprint density at radius 2 is 0.773 bits per heavy atom. The molecule has 0 saturated heterocycles. The van der Waals surface area contributed by atoms with Gasteiger partial charge >= 0.3 is 115 Å². The van der Waals surface area contributed by atoms with Crippen LogP contribution in [0.4, 0.5) is 0 Å². The molecule has 0 aromatic carbocycles. The van der Waals surface area contributed by atoms with Crippen LogP contribution in [0.15, 0.2) is 0 Å². The summed E-state index contributed by atoms with van der Waals surface area (Å²) in [6.45, 7) is 0. The summed E-state index contributed by atoms with van der Waals surface area (Å²) < 4.78 is 0. The summed E-state index contributed by atoms with van der Waals surface area (Å²) in [5.41, 5.74) is 0. The molecule has 0 fully saturated rings. The fraction of sp³-hybridized carbons (Fsp3) is 0.500. The van der Waals surface area contributed by atoms with Crippen LogP contribution in [0, 0.1) is 0 Å². The maximum absolute atomic E-state index is 9.74. The van der Waals surface area contributed by atoms with Crippen molar-refractivity contribution in [3.63, 3.8) is 0 Å². The topological polar surface area (TPSA) is 236 Å². The Morgan fingerprint density at radius 3 is 0.818 bits per heavy atom. The number of carboxylic acid groups (broad SMARTS) is 4. The van der Waals surface area contributed by atoms with E-state index in [1.165, 1.54) is 0 Å². The van der Waals surface area contributed by atoms with E-state index in [0.717, 1.165) is 0 Å². The van der Waals surface area contributed by atoms with Crippen LogP contribution in [0.1, 0.15) is 0 Å². The smallest absolute Gasteiger partial charge is 0.547 e. The van der Waals surface area contributed by atoms with Crippen LogP contribution in [-0.4, -0.2) is 78.9 Å². The first kappa shape index (κ1) is 30.8. The summed E-state index contributed by atoms with van der Waals surface area (Å²) in [4.78, 5) is 38.8. The number of hydrogen-bond donors (Lipinski definition) is 6. The number of aliphatic hydroxyl groups excluding tert-OH is 4. The molecular weight excluding hydrogens is 366 g/mol. The van der Waals surface area contributed by atoms with E-state index in [4.69, 9.17) is 30.6 Å². The van der Waals surface area contributed by atoms with Gasteiger partial charge in [0.1, 0.15) is 12.2 Å². The third kappa shape index (κ3) is 13.4. The van der Waals surface area contributed by atoms with Gasteiger partial charge in [-0.1, -0.05) is 0 Å². The number of hydrogen-bond acceptors (Lipinski definition) is 10. The zero-order valence-electron chi connectivity index (χ0n) is 11.4. The number of rotatable bonds is 6. The van der Waals surface area contributed by atoms with Crippen molar-refractivity contribution in [3.8, 4) is 0 Å². The fourth-order valence-electron chi connectivity index (χ4n) is 0.528. The molecule has 4 unspecified atom stereocenters. The summed E-state index contributed by atoms with van der Waals surface area (Å²) in [6, 6.07) is 0. The van der Waals surface area contributed by atoms with Gasteiger partial charge in [-0.15, -0.1) is 0 Å². The van der Waals surface area contributed by atoms with Gasteiger partial charge in [0.05, 0.1) is 11.9 Å². The molecule has 14 heteroatoms. The Morgan fingerprint density at radius 1 is 0.591 bits per heavy atom. The van der Waals surface area contributed by atoms with Crippen molar-refractivity contribution in [1.82, 2.24) is 0 Å². The maximum Gasteiger partial charge on any atom is 1.00 e. The van der Waals surface area contributed by atoms with Crippen molar-refractivity contribution in [2.24, 2.45) is 0 Å². The van der Waals surface area contributed by atoms with Crippen molar-refractivity contribution < 1.29 is 163 Å². The Labute approximate surface area is 207 Å². The maximum atomic E-state index is 9.74. The number of carbonyl (C=O) groups excluding carboxylic acids is 2. The molecule has 0 aliphatic heterocycles. The van der Waals surface area contributed by atoms with Crippen LogP contribution in [0.3, 0.4) is 0 Å². The standard InChI is InChI=1S/2C4H6O6.2K/c2*5-1(3(7)8)2(6)4(9)10;;/h2*1-2,5-6H,(H,7,8)(H,9,10);;/q;;2*+1/p-2. The average molecular weight is 376 g/mol. The number of carboxylic acids is 4. The van der Waals surface area contributed by atoms with Gasteiger partial charge in [0.25, 0.3) is 0 Å². The van der Waals surface area contributed by atoms with Gasteiger partial charge in [-0.2, -0.15) is 0 Å². The van der Waals surface area contributed by atoms with E-state index in [-0.39, 0.29) is 103 Å². The molecule has 0 aromatic heterocycles. The van der Waals surface area contributed by atoms with Crippen LogP contribution in [0.2, 0.25) is 0 Å². The van der Waals surface area contributed by atoms with Crippen molar-refractivity contribution in [2.45, 2.75) is 24.4 Å². The van der Waals surface area contributed by atoms with E-state index in [1.54, 1.807) is 0 Å². The third-order valence-electron chi connectivity index (χ3n) is 1.59. The molecule has 0 saturated carbocycles. The quantitative estimate of drug-likeness (QED) is 0.237. The normalized spacial score (nSPS) is 14.4. The SMILES string of the molecule is O=C([O-])C(O)C(O)C(=O)O.O=C([O-])C(O)C(O)C(=O)O.[K+].[K+]. The Balaban J connectivity index is -0.000000135. The molecule has 0 rings (SSSR count). The van der Waals surface area contributed by atoms with Gasteiger partial charge in [0.2, 0.25) is 0 Å². The van der Waals surface area contributed by atoms with Gasteiger partial charge in [-0.25, -0.2) is 9.59 Å². The summed E-state index contributed by atoms with van der Waals surface area (Å²) in [6.07, 6.45) is -9.41. The zero-order chi connectivity index (χ0) is 16.6. The Bertz CT molecular complexity index is 313. The van der Waals surface area contributed by atoms with Gasteiger partial charge in [-0.05, 0) is 0 Å². The summed E-state index contributed by atoms with van der Waals surface area (Å²) >= 11 is 0. The van der Waals surface area contributed by atoms with E-state index in [9.17, 15) is 29.4 Å². The van der Waals surface area contributed by atoms with Crippen LogP contribution < -0.4 is 113 Å². The molecule has 12 nitrogen and oxygen atoms in total. The molecule has 0 aromatic rings. The fourth-order valence-corrected chi connectivity index (χ4v) is 0.528. The second kappa shape index (κ2) is 15.5. The molecule has 0 spiro atoms. The Kier molecular flexibility index (Phi) is 21.7. The summed E-state index contributed by atoms with van der Waals surface area (Å²) in [5, 5.41) is 68.3. The van der Waals surface area contributed by atoms with E-state index in [2.05, 4.69) is 0 Å². The summed E-state index contributed by atoms with van der Waals surface area (Å²) in [5.74, 6) is -7.65. The molecule has 22 heavy (non-hydrogen) atoms. The predicted octanol–water partition coefficient (Wildman–Crippen LogP) is -12.9. The monoisotopic (exact) mass is 376 g/mol. The Hall–Kier alpha value is 0.993. The number of aliphatic carboxylic acids is 4. The molecule has 0 bridgehead atoms. The number of aliphatic hydroxyl groups is 4. The van der Waals surface area contributed by atoms with Crippen LogP contribution in [0.5, 0.6) is 0 Å². The molecule has 0 heterocycles. The van der Waals surface area contributed by atoms with E-state index in [0.29, 0.717) is 0 Å². The van der Waals surface area contributed by atoms with Crippen molar-refractivity contribution in [1.29, 1.82) is 0 Å². The van der Waals surface area contributed by atoms with Gasteiger partial charge in [0, 0.05) is 0 Å². The second-order valence-corrected chi connectivity index (χ2v) is 3.09. The minimum atomic E-state index is -2.38. The largest absolute Gasteiger partial charge is 1.00 e. The minimum Gasteiger partial charge on any atom is -0.547 e. The average Bonchev–Trinajstić information content (AvgIpc) is 2.35. The minimum absolute atomic E-state index is 0. The molecule has 0 aliphatic rings. The van der Waals surface area contributed by atoms with Gasteiger partial charge < -0.3 is 50.4 Å². The predicted molar refractivity (Wildman–Crippen MR) is 49.3 cm³/mol. The molecule has 6 N–H and O–H groups in total. The van der Waals surface area contributed by atoms with Crippen molar-refractivity contribution in [2.75, 3.05) is 0 Å². The number of carbonyl (C=O) groups is 4. The molecule has 0 radical (unpaired) electrons. The van der Waals surface area contributed by atoms with E-state index in [1.807, 2.05) is 0 Å². The van der Waals surface area contributed by atoms with Crippen molar-refractivity contribution in [3.05, 3.63) is 0 Å². The molecule has 116 valence electrons. The van der Waals surface area contributed by atoms with E-state index < -0.39 is 48.3 Å².